The first kappa shape index (κ1) is 14.6. The monoisotopic (exact) mass is 315 g/mol. The third-order valence-electron chi connectivity index (χ3n) is 2.49. The first-order valence-electron chi connectivity index (χ1n) is 5.42. The standard InChI is InChI=1S/C12H11ClFN3O2S/c13-10-2-1-3-11(14)12(10)17-8-4-7(15)5-9(6-8)20(16,18)19/h1-6,17H,15H2,(H2,16,18,19). The largest absolute Gasteiger partial charge is 0.399 e. The van der Waals surface area contributed by atoms with Crippen LogP contribution in [0.25, 0.3) is 0 Å². The van der Waals surface area contributed by atoms with Gasteiger partial charge in [0.05, 0.1) is 15.6 Å². The van der Waals surface area contributed by atoms with Gasteiger partial charge in [-0.1, -0.05) is 17.7 Å². The van der Waals surface area contributed by atoms with Crippen LogP contribution in [-0.2, 0) is 10.0 Å². The molecule has 0 aliphatic heterocycles. The zero-order chi connectivity index (χ0) is 14.9. The van der Waals surface area contributed by atoms with Crippen LogP contribution < -0.4 is 16.2 Å². The predicted octanol–water partition coefficient (Wildman–Crippen LogP) is 2.45. The van der Waals surface area contributed by atoms with E-state index in [1.807, 2.05) is 0 Å². The number of hydrogen-bond acceptors (Lipinski definition) is 4. The van der Waals surface area contributed by atoms with E-state index in [1.165, 1.54) is 36.4 Å². The zero-order valence-electron chi connectivity index (χ0n) is 10.1. The fraction of sp³-hybridized carbons (Fsp3) is 0. The van der Waals surface area contributed by atoms with Crippen molar-refractivity contribution < 1.29 is 12.8 Å². The molecule has 106 valence electrons. The van der Waals surface area contributed by atoms with E-state index in [9.17, 15) is 12.8 Å². The van der Waals surface area contributed by atoms with Crippen LogP contribution in [0.15, 0.2) is 41.3 Å². The van der Waals surface area contributed by atoms with Gasteiger partial charge >= 0.3 is 0 Å². The van der Waals surface area contributed by atoms with Crippen LogP contribution in [0.2, 0.25) is 5.02 Å². The summed E-state index contributed by atoms with van der Waals surface area (Å²) in [7, 11) is -3.91. The number of primary sulfonamides is 1. The number of nitrogens with one attached hydrogen (secondary N) is 1. The number of sulfonamides is 1. The van der Waals surface area contributed by atoms with Crippen molar-refractivity contribution in [3.63, 3.8) is 0 Å². The van der Waals surface area contributed by atoms with Gasteiger partial charge in [-0.05, 0) is 30.3 Å². The number of para-hydroxylation sites is 1. The summed E-state index contributed by atoms with van der Waals surface area (Å²) in [6.45, 7) is 0. The van der Waals surface area contributed by atoms with Crippen LogP contribution in [0.3, 0.4) is 0 Å². The maximum absolute atomic E-state index is 13.7. The molecule has 5 N–H and O–H groups in total. The van der Waals surface area contributed by atoms with Crippen molar-refractivity contribution in [2.45, 2.75) is 4.90 Å². The van der Waals surface area contributed by atoms with Crippen molar-refractivity contribution in [3.8, 4) is 0 Å². The van der Waals surface area contributed by atoms with Crippen molar-refractivity contribution >= 4 is 38.7 Å². The molecule has 0 aromatic heterocycles. The molecular weight excluding hydrogens is 305 g/mol. The molecule has 0 saturated heterocycles. The average molecular weight is 316 g/mol. The van der Waals surface area contributed by atoms with E-state index in [-0.39, 0.29) is 27.0 Å². The number of hydrogen-bond donors (Lipinski definition) is 3. The van der Waals surface area contributed by atoms with E-state index in [2.05, 4.69) is 5.32 Å². The van der Waals surface area contributed by atoms with E-state index in [0.717, 1.165) is 0 Å². The second kappa shape index (κ2) is 5.28. The molecule has 0 aliphatic rings. The van der Waals surface area contributed by atoms with E-state index < -0.39 is 15.8 Å². The lowest BCUT2D eigenvalue weighted by molar-refractivity contribution is 0.598. The topological polar surface area (TPSA) is 98.2 Å². The molecule has 0 unspecified atom stereocenters. The average Bonchev–Trinajstić information content (AvgIpc) is 2.32. The van der Waals surface area contributed by atoms with Crippen molar-refractivity contribution in [1.82, 2.24) is 0 Å². The lowest BCUT2D eigenvalue weighted by Crippen LogP contribution is -2.13. The first-order chi connectivity index (χ1) is 9.27. The number of nitrogens with two attached hydrogens (primary N) is 2. The second-order valence-corrected chi connectivity index (χ2v) is 6.03. The van der Waals surface area contributed by atoms with Crippen LogP contribution >= 0.6 is 11.6 Å². The first-order valence-corrected chi connectivity index (χ1v) is 7.34. The van der Waals surface area contributed by atoms with Crippen molar-refractivity contribution in [2.75, 3.05) is 11.1 Å². The van der Waals surface area contributed by atoms with Gasteiger partial charge in [-0.15, -0.1) is 0 Å². The van der Waals surface area contributed by atoms with Crippen LogP contribution in [0, 0.1) is 5.82 Å². The van der Waals surface area contributed by atoms with Gasteiger partial charge in [0.15, 0.2) is 0 Å². The highest BCUT2D eigenvalue weighted by Crippen LogP contribution is 2.30. The number of anilines is 3. The van der Waals surface area contributed by atoms with Gasteiger partial charge < -0.3 is 11.1 Å². The predicted molar refractivity (Wildman–Crippen MR) is 76.9 cm³/mol. The Morgan fingerprint density at radius 1 is 1.20 bits per heavy atom. The third kappa shape index (κ3) is 3.19. The van der Waals surface area contributed by atoms with Gasteiger partial charge in [0.1, 0.15) is 5.82 Å². The molecule has 5 nitrogen and oxygen atoms in total. The summed E-state index contributed by atoms with van der Waals surface area (Å²) >= 11 is 5.87. The van der Waals surface area contributed by atoms with E-state index in [4.69, 9.17) is 22.5 Å². The number of halogens is 2. The summed E-state index contributed by atoms with van der Waals surface area (Å²) < 4.78 is 36.3. The Morgan fingerprint density at radius 3 is 2.50 bits per heavy atom. The molecular formula is C12H11ClFN3O2S. The normalized spacial score (nSPS) is 11.3. The number of nitrogen functional groups attached to an aromatic ring is 1. The summed E-state index contributed by atoms with van der Waals surface area (Å²) in [5, 5.41) is 7.88. The summed E-state index contributed by atoms with van der Waals surface area (Å²) in [6, 6.07) is 8.08. The molecule has 0 heterocycles. The lowest BCUT2D eigenvalue weighted by Gasteiger charge is -2.11. The maximum atomic E-state index is 13.7. The highest BCUT2D eigenvalue weighted by atomic mass is 35.5. The summed E-state index contributed by atoms with van der Waals surface area (Å²) in [5.41, 5.74) is 6.06. The van der Waals surface area contributed by atoms with Gasteiger partial charge in [-0.2, -0.15) is 0 Å². The summed E-state index contributed by atoms with van der Waals surface area (Å²) in [6.07, 6.45) is 0. The van der Waals surface area contributed by atoms with Crippen molar-refractivity contribution in [1.29, 1.82) is 0 Å². The van der Waals surface area contributed by atoms with Crippen LogP contribution in [0.5, 0.6) is 0 Å². The maximum Gasteiger partial charge on any atom is 0.238 e. The fourth-order valence-corrected chi connectivity index (χ4v) is 2.42. The van der Waals surface area contributed by atoms with E-state index in [0.29, 0.717) is 0 Å². The van der Waals surface area contributed by atoms with Crippen molar-refractivity contribution in [3.05, 3.63) is 47.2 Å². The Bertz CT molecular complexity index is 745. The highest BCUT2D eigenvalue weighted by Gasteiger charge is 2.12. The minimum Gasteiger partial charge on any atom is -0.399 e. The fourth-order valence-electron chi connectivity index (χ4n) is 1.62. The van der Waals surface area contributed by atoms with E-state index in [1.54, 1.807) is 0 Å². The SMILES string of the molecule is Nc1cc(Nc2c(F)cccc2Cl)cc(S(N)(=O)=O)c1. The number of benzene rings is 2. The molecule has 0 fully saturated rings. The molecule has 0 radical (unpaired) electrons. The Hall–Kier alpha value is -1.83. The molecule has 8 heteroatoms. The molecule has 2 aromatic carbocycles. The van der Waals surface area contributed by atoms with Gasteiger partial charge in [0.25, 0.3) is 0 Å². The molecule has 0 spiro atoms. The quantitative estimate of drug-likeness (QED) is 0.758. The number of rotatable bonds is 3. The molecule has 0 saturated carbocycles. The lowest BCUT2D eigenvalue weighted by atomic mass is 10.2. The van der Waals surface area contributed by atoms with Crippen LogP contribution in [-0.4, -0.2) is 8.42 Å². The van der Waals surface area contributed by atoms with Gasteiger partial charge in [-0.3, -0.25) is 0 Å². The molecule has 20 heavy (non-hydrogen) atoms. The molecule has 0 atom stereocenters. The van der Waals surface area contributed by atoms with Crippen LogP contribution in [0.1, 0.15) is 0 Å². The molecule has 0 bridgehead atoms. The minimum absolute atomic E-state index is 0.0279. The summed E-state index contributed by atoms with van der Waals surface area (Å²) in [5.74, 6) is -0.572. The Kier molecular flexibility index (Phi) is 3.85. The highest BCUT2D eigenvalue weighted by molar-refractivity contribution is 7.89. The Balaban J connectivity index is 2.47. The van der Waals surface area contributed by atoms with Crippen LogP contribution in [0.4, 0.5) is 21.5 Å². The minimum atomic E-state index is -3.91. The van der Waals surface area contributed by atoms with Crippen molar-refractivity contribution in [2.24, 2.45) is 5.14 Å². The smallest absolute Gasteiger partial charge is 0.238 e. The van der Waals surface area contributed by atoms with Gasteiger partial charge in [0, 0.05) is 11.4 Å². The molecule has 0 amide bonds. The zero-order valence-corrected chi connectivity index (χ0v) is 11.7. The summed E-state index contributed by atoms with van der Waals surface area (Å²) in [4.78, 5) is -0.174. The molecule has 0 aliphatic carbocycles. The molecule has 2 aromatic rings. The van der Waals surface area contributed by atoms with Gasteiger partial charge in [-0.25, -0.2) is 17.9 Å². The Morgan fingerprint density at radius 2 is 1.90 bits per heavy atom. The van der Waals surface area contributed by atoms with E-state index >= 15 is 0 Å². The third-order valence-corrected chi connectivity index (χ3v) is 3.70. The molecule has 2 rings (SSSR count). The Labute approximate surface area is 120 Å². The second-order valence-electron chi connectivity index (χ2n) is 4.06. The van der Waals surface area contributed by atoms with Gasteiger partial charge in [0.2, 0.25) is 10.0 Å².